The third kappa shape index (κ3) is 1.95. The second-order valence-electron chi connectivity index (χ2n) is 3.61. The molecule has 0 aromatic carbocycles. The number of imidazole rings is 1. The Morgan fingerprint density at radius 1 is 1.61 bits per heavy atom. The zero-order valence-electron chi connectivity index (χ0n) is 9.66. The highest BCUT2D eigenvalue weighted by atomic mass is 16.5. The predicted octanol–water partition coefficient (Wildman–Crippen LogP) is 0.940. The van der Waals surface area contributed by atoms with E-state index in [4.69, 9.17) is 0 Å². The normalized spacial score (nSPS) is 10.6. The smallest absolute Gasteiger partial charge is 0.311 e. The third-order valence-corrected chi connectivity index (χ3v) is 2.57. The van der Waals surface area contributed by atoms with Crippen molar-refractivity contribution < 1.29 is 14.6 Å². The van der Waals surface area contributed by atoms with E-state index < -0.39 is 5.97 Å². The molecule has 94 valence electrons. The van der Waals surface area contributed by atoms with Crippen molar-refractivity contribution in [2.24, 2.45) is 5.18 Å². The van der Waals surface area contributed by atoms with Crippen LogP contribution in [0.5, 0.6) is 0 Å². The fraction of sp³-hybridized carbons (Fsp3) is 0.273. The summed E-state index contributed by atoms with van der Waals surface area (Å²) in [5.74, 6) is -0.459. The average molecular weight is 249 g/mol. The number of carbonyl (C=O) groups excluding carboxylic acids is 1. The molecule has 2 rings (SSSR count). The summed E-state index contributed by atoms with van der Waals surface area (Å²) >= 11 is 0. The van der Waals surface area contributed by atoms with E-state index in [1.165, 1.54) is 11.5 Å². The quantitative estimate of drug-likeness (QED) is 0.643. The molecule has 2 heterocycles. The first kappa shape index (κ1) is 12.2. The number of aliphatic hydroxyl groups excluding tert-OH is 1. The van der Waals surface area contributed by atoms with Gasteiger partial charge in [-0.15, -0.1) is 4.91 Å². The number of nitroso groups, excluding NO2 is 1. The highest BCUT2D eigenvalue weighted by Crippen LogP contribution is 2.23. The Labute approximate surface area is 102 Å². The molecular weight excluding hydrogens is 238 g/mol. The van der Waals surface area contributed by atoms with Crippen molar-refractivity contribution >= 4 is 17.4 Å². The van der Waals surface area contributed by atoms with E-state index in [-0.39, 0.29) is 24.5 Å². The van der Waals surface area contributed by atoms with Crippen LogP contribution >= 0.6 is 0 Å². The number of pyridine rings is 1. The van der Waals surface area contributed by atoms with E-state index in [9.17, 15) is 14.8 Å². The van der Waals surface area contributed by atoms with Gasteiger partial charge in [-0.05, 0) is 11.2 Å². The number of rotatable bonds is 4. The molecule has 7 nitrogen and oxygen atoms in total. The van der Waals surface area contributed by atoms with Gasteiger partial charge in [0.2, 0.25) is 5.82 Å². The number of hydrogen-bond acceptors (Lipinski definition) is 6. The Kier molecular flexibility index (Phi) is 3.33. The standard InChI is InChI=1S/C11H11N3O4/c1-18-9(16)5-8-11(13-17)14-4-2-3-7(6-15)10(14)12-8/h2-4,15H,5-6H2,1H3. The van der Waals surface area contributed by atoms with E-state index in [0.717, 1.165) is 0 Å². The van der Waals surface area contributed by atoms with Gasteiger partial charge in [-0.25, -0.2) is 4.98 Å². The van der Waals surface area contributed by atoms with Crippen LogP contribution in [0.4, 0.5) is 5.82 Å². The van der Waals surface area contributed by atoms with Gasteiger partial charge in [-0.2, -0.15) is 0 Å². The molecule has 0 fully saturated rings. The molecule has 0 aliphatic carbocycles. The Morgan fingerprint density at radius 2 is 2.39 bits per heavy atom. The van der Waals surface area contributed by atoms with Crippen LogP contribution in [0.3, 0.4) is 0 Å². The minimum absolute atomic E-state index is 0.0469. The van der Waals surface area contributed by atoms with E-state index in [0.29, 0.717) is 11.2 Å². The summed E-state index contributed by atoms with van der Waals surface area (Å²) in [6.45, 7) is -0.211. The SMILES string of the molecule is COC(=O)Cc1nc2c(CO)cccn2c1N=O. The summed E-state index contributed by atoms with van der Waals surface area (Å²) < 4.78 is 5.97. The van der Waals surface area contributed by atoms with Crippen molar-refractivity contribution in [3.63, 3.8) is 0 Å². The number of ether oxygens (including phenoxy) is 1. The van der Waals surface area contributed by atoms with E-state index in [1.54, 1.807) is 18.3 Å². The zero-order valence-corrected chi connectivity index (χ0v) is 9.66. The molecule has 1 N–H and O–H groups in total. The molecule has 18 heavy (non-hydrogen) atoms. The molecular formula is C11H11N3O4. The summed E-state index contributed by atoms with van der Waals surface area (Å²) in [7, 11) is 1.26. The summed E-state index contributed by atoms with van der Waals surface area (Å²) in [6, 6.07) is 3.34. The first-order valence-electron chi connectivity index (χ1n) is 5.21. The van der Waals surface area contributed by atoms with Crippen molar-refractivity contribution in [2.45, 2.75) is 13.0 Å². The van der Waals surface area contributed by atoms with Gasteiger partial charge in [0.1, 0.15) is 11.3 Å². The highest BCUT2D eigenvalue weighted by molar-refractivity contribution is 5.74. The van der Waals surface area contributed by atoms with Gasteiger partial charge in [0.25, 0.3) is 0 Å². The lowest BCUT2D eigenvalue weighted by molar-refractivity contribution is -0.139. The lowest BCUT2D eigenvalue weighted by atomic mass is 10.3. The summed E-state index contributed by atoms with van der Waals surface area (Å²) in [4.78, 5) is 26.2. The number of esters is 1. The topological polar surface area (TPSA) is 93.3 Å². The molecule has 2 aromatic rings. The van der Waals surface area contributed by atoms with Crippen LogP contribution in [0.15, 0.2) is 23.5 Å². The molecule has 0 spiro atoms. The maximum Gasteiger partial charge on any atom is 0.311 e. The van der Waals surface area contributed by atoms with Crippen LogP contribution in [0.25, 0.3) is 5.65 Å². The lowest BCUT2D eigenvalue weighted by Gasteiger charge is -1.98. The number of aromatic nitrogens is 2. The third-order valence-electron chi connectivity index (χ3n) is 2.57. The molecule has 2 aromatic heterocycles. The summed E-state index contributed by atoms with van der Waals surface area (Å²) in [5.41, 5.74) is 1.20. The van der Waals surface area contributed by atoms with Crippen molar-refractivity contribution in [1.29, 1.82) is 0 Å². The van der Waals surface area contributed by atoms with E-state index in [1.807, 2.05) is 0 Å². The van der Waals surface area contributed by atoms with Crippen molar-refractivity contribution in [3.05, 3.63) is 34.5 Å². The maximum atomic E-state index is 11.2. The molecule has 0 saturated heterocycles. The number of aliphatic hydroxyl groups is 1. The van der Waals surface area contributed by atoms with Gasteiger partial charge >= 0.3 is 5.97 Å². The molecule has 0 amide bonds. The lowest BCUT2D eigenvalue weighted by Crippen LogP contribution is -2.04. The number of carbonyl (C=O) groups is 1. The fourth-order valence-corrected chi connectivity index (χ4v) is 1.71. The number of fused-ring (bicyclic) bond motifs is 1. The van der Waals surface area contributed by atoms with Crippen LogP contribution in [0.2, 0.25) is 0 Å². The molecule has 0 aliphatic rings. The molecule has 0 saturated carbocycles. The van der Waals surface area contributed by atoms with E-state index in [2.05, 4.69) is 14.9 Å². The number of methoxy groups -OCH3 is 1. The summed E-state index contributed by atoms with van der Waals surface area (Å²) in [5, 5.41) is 12.1. The minimum Gasteiger partial charge on any atom is -0.469 e. The average Bonchev–Trinajstić information content (AvgIpc) is 2.75. The van der Waals surface area contributed by atoms with Gasteiger partial charge in [-0.3, -0.25) is 9.20 Å². The van der Waals surface area contributed by atoms with Crippen LogP contribution in [0, 0.1) is 4.91 Å². The van der Waals surface area contributed by atoms with Crippen LogP contribution in [-0.4, -0.2) is 27.6 Å². The highest BCUT2D eigenvalue weighted by Gasteiger charge is 2.17. The van der Waals surface area contributed by atoms with Crippen molar-refractivity contribution in [2.75, 3.05) is 7.11 Å². The van der Waals surface area contributed by atoms with Gasteiger partial charge in [0, 0.05) is 11.8 Å². The molecule has 0 aliphatic heterocycles. The summed E-state index contributed by atoms with van der Waals surface area (Å²) in [6.07, 6.45) is 1.46. The first-order chi connectivity index (χ1) is 8.71. The minimum atomic E-state index is -0.506. The Morgan fingerprint density at radius 3 is 3.00 bits per heavy atom. The second kappa shape index (κ2) is 4.92. The maximum absolute atomic E-state index is 11.2. The van der Waals surface area contributed by atoms with Gasteiger partial charge in [-0.1, -0.05) is 6.07 Å². The molecule has 0 bridgehead atoms. The fourth-order valence-electron chi connectivity index (χ4n) is 1.71. The molecule has 0 radical (unpaired) electrons. The Hall–Kier alpha value is -2.28. The molecule has 7 heteroatoms. The van der Waals surface area contributed by atoms with Gasteiger partial charge in [0.05, 0.1) is 20.1 Å². The largest absolute Gasteiger partial charge is 0.469 e. The number of nitrogens with zero attached hydrogens (tertiary/aromatic N) is 3. The number of hydrogen-bond donors (Lipinski definition) is 1. The Bertz CT molecular complexity index is 606. The Balaban J connectivity index is 2.60. The first-order valence-corrected chi connectivity index (χ1v) is 5.21. The van der Waals surface area contributed by atoms with Crippen LogP contribution in [0.1, 0.15) is 11.3 Å². The second-order valence-corrected chi connectivity index (χ2v) is 3.61. The van der Waals surface area contributed by atoms with Gasteiger partial charge < -0.3 is 9.84 Å². The van der Waals surface area contributed by atoms with Crippen molar-refractivity contribution in [3.8, 4) is 0 Å². The predicted molar refractivity (Wildman–Crippen MR) is 62.3 cm³/mol. The van der Waals surface area contributed by atoms with Crippen molar-refractivity contribution in [1.82, 2.24) is 9.38 Å². The monoisotopic (exact) mass is 249 g/mol. The van der Waals surface area contributed by atoms with Crippen LogP contribution in [-0.2, 0) is 22.6 Å². The zero-order chi connectivity index (χ0) is 13.1. The van der Waals surface area contributed by atoms with E-state index >= 15 is 0 Å². The van der Waals surface area contributed by atoms with Crippen LogP contribution < -0.4 is 0 Å². The molecule has 0 atom stereocenters. The molecule has 0 unspecified atom stereocenters. The van der Waals surface area contributed by atoms with Gasteiger partial charge in [0.15, 0.2) is 0 Å².